The van der Waals surface area contributed by atoms with Gasteiger partial charge in [-0.05, 0) is 24.6 Å². The van der Waals surface area contributed by atoms with E-state index in [2.05, 4.69) is 25.9 Å². The van der Waals surface area contributed by atoms with Gasteiger partial charge in [-0.3, -0.25) is 4.98 Å². The average Bonchev–Trinajstić information content (AvgIpc) is 3.01. The first-order chi connectivity index (χ1) is 10.8. The van der Waals surface area contributed by atoms with Gasteiger partial charge in [0.15, 0.2) is 5.82 Å². The second kappa shape index (κ2) is 5.35. The van der Waals surface area contributed by atoms with E-state index in [4.69, 9.17) is 0 Å². The highest BCUT2D eigenvalue weighted by molar-refractivity contribution is 5.82. The number of aliphatic hydroxyl groups excluding tert-OH is 1. The molecule has 1 N–H and O–H groups in total. The number of hydrogen-bond acceptors (Lipinski definition) is 5. The average molecular weight is 292 g/mol. The van der Waals surface area contributed by atoms with Gasteiger partial charge in [0.05, 0.1) is 11.6 Å². The fourth-order valence-corrected chi connectivity index (χ4v) is 2.81. The second-order valence-electron chi connectivity index (χ2n) is 5.54. The molecule has 1 atom stereocenters. The molecular weight excluding hydrogens is 276 g/mol. The van der Waals surface area contributed by atoms with E-state index in [0.29, 0.717) is 12.4 Å². The molecular formula is C17H16N4O. The predicted octanol–water partition coefficient (Wildman–Crippen LogP) is 2.26. The smallest absolute Gasteiger partial charge is 0.163 e. The molecule has 22 heavy (non-hydrogen) atoms. The molecule has 1 aliphatic rings. The van der Waals surface area contributed by atoms with E-state index in [1.54, 1.807) is 12.4 Å². The maximum absolute atomic E-state index is 9.67. The fourth-order valence-electron chi connectivity index (χ4n) is 2.81. The number of anilines is 1. The van der Waals surface area contributed by atoms with Crippen LogP contribution >= 0.6 is 0 Å². The van der Waals surface area contributed by atoms with Crippen LogP contribution in [0, 0.1) is 0 Å². The molecule has 0 bridgehead atoms. The lowest BCUT2D eigenvalue weighted by atomic mass is 10.1. The summed E-state index contributed by atoms with van der Waals surface area (Å²) in [7, 11) is 0. The van der Waals surface area contributed by atoms with Gasteiger partial charge in [0.25, 0.3) is 0 Å². The third kappa shape index (κ3) is 2.40. The minimum Gasteiger partial charge on any atom is -0.391 e. The molecule has 110 valence electrons. The van der Waals surface area contributed by atoms with Crippen molar-refractivity contribution in [1.29, 1.82) is 0 Å². The van der Waals surface area contributed by atoms with Gasteiger partial charge in [-0.1, -0.05) is 18.2 Å². The highest BCUT2D eigenvalue weighted by Crippen LogP contribution is 2.23. The zero-order chi connectivity index (χ0) is 14.9. The first-order valence-corrected chi connectivity index (χ1v) is 7.41. The summed E-state index contributed by atoms with van der Waals surface area (Å²) in [6, 6.07) is 11.9. The highest BCUT2D eigenvalue weighted by Gasteiger charge is 2.21. The van der Waals surface area contributed by atoms with Crippen LogP contribution in [0.1, 0.15) is 6.42 Å². The van der Waals surface area contributed by atoms with E-state index < -0.39 is 0 Å². The summed E-state index contributed by atoms with van der Waals surface area (Å²) >= 11 is 0. The van der Waals surface area contributed by atoms with E-state index in [1.165, 1.54) is 0 Å². The Kier molecular flexibility index (Phi) is 3.20. The molecule has 0 saturated carbocycles. The van der Waals surface area contributed by atoms with Gasteiger partial charge in [-0.25, -0.2) is 9.97 Å². The van der Waals surface area contributed by atoms with Crippen LogP contribution in [0.4, 0.5) is 5.82 Å². The van der Waals surface area contributed by atoms with Crippen LogP contribution in [0.2, 0.25) is 0 Å². The third-order valence-corrected chi connectivity index (χ3v) is 3.98. The molecule has 1 saturated heterocycles. The van der Waals surface area contributed by atoms with E-state index in [1.807, 2.05) is 30.3 Å². The summed E-state index contributed by atoms with van der Waals surface area (Å²) in [6.45, 7) is 1.46. The Balaban J connectivity index is 1.71. The normalized spacial score (nSPS) is 18.0. The lowest BCUT2D eigenvalue weighted by Crippen LogP contribution is -2.22. The van der Waals surface area contributed by atoms with Crippen LogP contribution in [-0.2, 0) is 0 Å². The molecule has 0 spiro atoms. The van der Waals surface area contributed by atoms with Crippen molar-refractivity contribution in [2.24, 2.45) is 0 Å². The molecule has 0 amide bonds. The molecule has 1 aromatic carbocycles. The van der Waals surface area contributed by atoms with Crippen LogP contribution in [0.15, 0.2) is 48.8 Å². The van der Waals surface area contributed by atoms with Crippen molar-refractivity contribution in [3.8, 4) is 11.4 Å². The topological polar surface area (TPSA) is 62.1 Å². The number of para-hydroxylation sites is 1. The molecule has 1 unspecified atom stereocenters. The Morgan fingerprint density at radius 2 is 2.05 bits per heavy atom. The zero-order valence-corrected chi connectivity index (χ0v) is 12.1. The second-order valence-corrected chi connectivity index (χ2v) is 5.54. The van der Waals surface area contributed by atoms with Gasteiger partial charge < -0.3 is 10.0 Å². The van der Waals surface area contributed by atoms with Gasteiger partial charge in [-0.2, -0.15) is 0 Å². The largest absolute Gasteiger partial charge is 0.391 e. The maximum Gasteiger partial charge on any atom is 0.163 e. The van der Waals surface area contributed by atoms with Gasteiger partial charge in [-0.15, -0.1) is 0 Å². The summed E-state index contributed by atoms with van der Waals surface area (Å²) in [5, 5.41) is 10.7. The lowest BCUT2D eigenvalue weighted by molar-refractivity contribution is 0.198. The molecule has 2 aromatic heterocycles. The van der Waals surface area contributed by atoms with Gasteiger partial charge in [0.2, 0.25) is 0 Å². The standard InChI is InChI=1S/C17H16N4O/c22-14-6-8-21(11-14)16-5-7-18-17(20-16)13-9-12-3-1-2-4-15(12)19-10-13/h1-5,7,9-10,14,22H,6,8,11H2. The molecule has 3 aromatic rings. The number of β-amino-alcohol motifs (C(OH)–C–C–N with tert-alkyl or cyclic N) is 1. The van der Waals surface area contributed by atoms with Crippen molar-refractivity contribution in [2.75, 3.05) is 18.0 Å². The van der Waals surface area contributed by atoms with Crippen molar-refractivity contribution in [2.45, 2.75) is 12.5 Å². The van der Waals surface area contributed by atoms with E-state index in [0.717, 1.165) is 35.2 Å². The van der Waals surface area contributed by atoms with Gasteiger partial charge in [0.1, 0.15) is 5.82 Å². The lowest BCUT2D eigenvalue weighted by Gasteiger charge is -2.16. The summed E-state index contributed by atoms with van der Waals surface area (Å²) in [5.74, 6) is 1.52. The Labute approximate surface area is 128 Å². The van der Waals surface area contributed by atoms with Crippen molar-refractivity contribution in [3.05, 3.63) is 48.8 Å². The number of nitrogens with zero attached hydrogens (tertiary/aromatic N) is 4. The molecule has 3 heterocycles. The Hall–Kier alpha value is -2.53. The summed E-state index contributed by atoms with van der Waals surface area (Å²) < 4.78 is 0. The van der Waals surface area contributed by atoms with Crippen LogP contribution in [0.5, 0.6) is 0 Å². The Morgan fingerprint density at radius 3 is 2.91 bits per heavy atom. The van der Waals surface area contributed by atoms with E-state index in [9.17, 15) is 5.11 Å². The molecule has 4 rings (SSSR count). The van der Waals surface area contributed by atoms with Crippen LogP contribution in [0.3, 0.4) is 0 Å². The third-order valence-electron chi connectivity index (χ3n) is 3.98. The van der Waals surface area contributed by atoms with Crippen molar-refractivity contribution in [3.63, 3.8) is 0 Å². The predicted molar refractivity (Wildman–Crippen MR) is 85.6 cm³/mol. The zero-order valence-electron chi connectivity index (χ0n) is 12.1. The van der Waals surface area contributed by atoms with Gasteiger partial charge in [0, 0.05) is 36.4 Å². The molecule has 0 radical (unpaired) electrons. The van der Waals surface area contributed by atoms with E-state index in [-0.39, 0.29) is 6.10 Å². The van der Waals surface area contributed by atoms with Gasteiger partial charge >= 0.3 is 0 Å². The van der Waals surface area contributed by atoms with Crippen molar-refractivity contribution in [1.82, 2.24) is 15.0 Å². The maximum atomic E-state index is 9.67. The molecule has 1 aliphatic heterocycles. The summed E-state index contributed by atoms with van der Waals surface area (Å²) in [4.78, 5) is 15.5. The quantitative estimate of drug-likeness (QED) is 0.785. The van der Waals surface area contributed by atoms with Crippen LogP contribution < -0.4 is 4.90 Å². The minimum absolute atomic E-state index is 0.263. The van der Waals surface area contributed by atoms with Crippen LogP contribution in [-0.4, -0.2) is 39.3 Å². The van der Waals surface area contributed by atoms with Crippen LogP contribution in [0.25, 0.3) is 22.3 Å². The number of rotatable bonds is 2. The first-order valence-electron chi connectivity index (χ1n) is 7.41. The SMILES string of the molecule is OC1CCN(c2ccnc(-c3cnc4ccccc4c3)n2)C1. The number of hydrogen-bond donors (Lipinski definition) is 1. The number of aromatic nitrogens is 3. The number of aliphatic hydroxyl groups is 1. The number of fused-ring (bicyclic) bond motifs is 1. The molecule has 5 nitrogen and oxygen atoms in total. The van der Waals surface area contributed by atoms with Crippen molar-refractivity contribution >= 4 is 16.7 Å². The Bertz CT molecular complexity index is 820. The number of benzene rings is 1. The highest BCUT2D eigenvalue weighted by atomic mass is 16.3. The number of pyridine rings is 1. The summed E-state index contributed by atoms with van der Waals surface area (Å²) in [5.41, 5.74) is 1.87. The fraction of sp³-hybridized carbons (Fsp3) is 0.235. The summed E-state index contributed by atoms with van der Waals surface area (Å²) in [6.07, 6.45) is 4.09. The van der Waals surface area contributed by atoms with Crippen molar-refractivity contribution < 1.29 is 5.11 Å². The van der Waals surface area contributed by atoms with E-state index >= 15 is 0 Å². The minimum atomic E-state index is -0.263. The molecule has 0 aliphatic carbocycles. The monoisotopic (exact) mass is 292 g/mol. The molecule has 5 heteroatoms. The first kappa shape index (κ1) is 13.2. The Morgan fingerprint density at radius 1 is 1.14 bits per heavy atom. The molecule has 1 fully saturated rings.